The average Bonchev–Trinajstić information content (AvgIpc) is 2.66. The third kappa shape index (κ3) is 5.39. The molecule has 0 radical (unpaired) electrons. The summed E-state index contributed by atoms with van der Waals surface area (Å²) in [7, 11) is 7.18. The normalized spacial score (nSPS) is 11.7. The molecule has 2 rings (SSSR count). The Labute approximate surface area is 155 Å². The third-order valence-electron chi connectivity index (χ3n) is 4.17. The Morgan fingerprint density at radius 1 is 1.00 bits per heavy atom. The summed E-state index contributed by atoms with van der Waals surface area (Å²) < 4.78 is 10.7. The van der Waals surface area contributed by atoms with E-state index in [0.29, 0.717) is 24.6 Å². The van der Waals surface area contributed by atoms with Crippen molar-refractivity contribution in [1.29, 1.82) is 0 Å². The van der Waals surface area contributed by atoms with Gasteiger partial charge in [0.15, 0.2) is 11.5 Å². The molecule has 140 valence electrons. The van der Waals surface area contributed by atoms with Gasteiger partial charge in [0.1, 0.15) is 0 Å². The van der Waals surface area contributed by atoms with E-state index >= 15 is 0 Å². The minimum absolute atomic E-state index is 0.0114. The van der Waals surface area contributed by atoms with E-state index in [9.17, 15) is 4.79 Å². The molecule has 2 N–H and O–H groups in total. The number of ether oxygens (including phenoxy) is 2. The number of nitrogens with one attached hydrogen (secondary N) is 2. The summed E-state index contributed by atoms with van der Waals surface area (Å²) in [5, 5.41) is 5.81. The lowest BCUT2D eigenvalue weighted by Crippen LogP contribution is -2.40. The highest BCUT2D eigenvalue weighted by Gasteiger charge is 2.17. The molecule has 0 aliphatic rings. The van der Waals surface area contributed by atoms with E-state index in [2.05, 4.69) is 15.5 Å². The first kappa shape index (κ1) is 19.6. The maximum absolute atomic E-state index is 12.1. The molecule has 0 aliphatic carbocycles. The van der Waals surface area contributed by atoms with Crippen LogP contribution in [0.3, 0.4) is 0 Å². The average molecular weight is 357 g/mol. The van der Waals surface area contributed by atoms with Crippen LogP contribution in [0.5, 0.6) is 11.5 Å². The molecule has 0 bridgehead atoms. The highest BCUT2D eigenvalue weighted by molar-refractivity contribution is 5.73. The number of carbonyl (C=O) groups excluding carboxylic acids is 1. The molecule has 1 atom stereocenters. The zero-order valence-corrected chi connectivity index (χ0v) is 15.8. The molecular weight excluding hydrogens is 330 g/mol. The molecule has 1 unspecified atom stereocenters. The van der Waals surface area contributed by atoms with Gasteiger partial charge in [0.05, 0.1) is 20.3 Å². The first-order valence-corrected chi connectivity index (χ1v) is 8.49. The Balaban J connectivity index is 1.96. The van der Waals surface area contributed by atoms with E-state index in [1.807, 2.05) is 62.6 Å². The molecule has 0 aromatic heterocycles. The summed E-state index contributed by atoms with van der Waals surface area (Å²) in [6, 6.07) is 15.4. The Hall–Kier alpha value is -2.73. The number of urea groups is 1. The van der Waals surface area contributed by atoms with Gasteiger partial charge in [-0.15, -0.1) is 0 Å². The second-order valence-corrected chi connectivity index (χ2v) is 6.14. The lowest BCUT2D eigenvalue weighted by Gasteiger charge is -2.26. The van der Waals surface area contributed by atoms with Gasteiger partial charge in [0, 0.05) is 13.1 Å². The summed E-state index contributed by atoms with van der Waals surface area (Å²) in [6.07, 6.45) is 0. The van der Waals surface area contributed by atoms with Crippen LogP contribution < -0.4 is 20.1 Å². The van der Waals surface area contributed by atoms with Crippen molar-refractivity contribution in [3.05, 3.63) is 59.7 Å². The first-order chi connectivity index (χ1) is 12.5. The van der Waals surface area contributed by atoms with Gasteiger partial charge >= 0.3 is 6.03 Å². The van der Waals surface area contributed by atoms with Crippen LogP contribution in [0.15, 0.2) is 48.5 Å². The Morgan fingerprint density at radius 3 is 2.31 bits per heavy atom. The fourth-order valence-corrected chi connectivity index (χ4v) is 2.69. The van der Waals surface area contributed by atoms with Gasteiger partial charge in [-0.05, 0) is 37.4 Å². The number of methoxy groups -OCH3 is 2. The predicted molar refractivity (Wildman–Crippen MR) is 103 cm³/mol. The second-order valence-electron chi connectivity index (χ2n) is 6.14. The standard InChI is InChI=1S/C20H27N3O3/c1-23(2)17(16-10-11-18(25-3)19(12-16)26-4)14-22-20(24)21-13-15-8-6-5-7-9-15/h5-12,17H,13-14H2,1-4H3,(H2,21,22,24). The second kappa shape index (κ2) is 9.68. The van der Waals surface area contributed by atoms with Crippen LogP contribution in [0.1, 0.15) is 17.2 Å². The van der Waals surface area contributed by atoms with Crippen molar-refractivity contribution in [2.45, 2.75) is 12.6 Å². The fourth-order valence-electron chi connectivity index (χ4n) is 2.69. The van der Waals surface area contributed by atoms with Gasteiger partial charge in [-0.3, -0.25) is 0 Å². The maximum Gasteiger partial charge on any atom is 0.315 e. The number of hydrogen-bond acceptors (Lipinski definition) is 4. The van der Waals surface area contributed by atoms with Crippen LogP contribution in [0.2, 0.25) is 0 Å². The molecule has 6 heteroatoms. The molecule has 26 heavy (non-hydrogen) atoms. The summed E-state index contributed by atoms with van der Waals surface area (Å²) in [5.41, 5.74) is 2.10. The van der Waals surface area contributed by atoms with Gasteiger partial charge in [0.2, 0.25) is 0 Å². The maximum atomic E-state index is 12.1. The minimum atomic E-state index is -0.193. The lowest BCUT2D eigenvalue weighted by atomic mass is 10.1. The van der Waals surface area contributed by atoms with Crippen molar-refractivity contribution in [1.82, 2.24) is 15.5 Å². The first-order valence-electron chi connectivity index (χ1n) is 8.49. The smallest absolute Gasteiger partial charge is 0.315 e. The monoisotopic (exact) mass is 357 g/mol. The summed E-state index contributed by atoms with van der Waals surface area (Å²) in [5.74, 6) is 1.35. The molecule has 0 aliphatic heterocycles. The molecule has 0 fully saturated rings. The highest BCUT2D eigenvalue weighted by atomic mass is 16.5. The van der Waals surface area contributed by atoms with Gasteiger partial charge in [-0.1, -0.05) is 36.4 Å². The number of rotatable bonds is 8. The van der Waals surface area contributed by atoms with Crippen molar-refractivity contribution in [3.63, 3.8) is 0 Å². The van der Waals surface area contributed by atoms with E-state index in [4.69, 9.17) is 9.47 Å². The highest BCUT2D eigenvalue weighted by Crippen LogP contribution is 2.31. The van der Waals surface area contributed by atoms with Crippen molar-refractivity contribution in [3.8, 4) is 11.5 Å². The third-order valence-corrected chi connectivity index (χ3v) is 4.17. The van der Waals surface area contributed by atoms with Crippen molar-refractivity contribution >= 4 is 6.03 Å². The van der Waals surface area contributed by atoms with Crippen LogP contribution in [-0.2, 0) is 6.54 Å². The van der Waals surface area contributed by atoms with Crippen LogP contribution in [0.4, 0.5) is 4.79 Å². The van der Waals surface area contributed by atoms with Gasteiger partial charge in [-0.25, -0.2) is 4.79 Å². The largest absolute Gasteiger partial charge is 0.493 e. The zero-order valence-electron chi connectivity index (χ0n) is 15.8. The van der Waals surface area contributed by atoms with Crippen LogP contribution in [-0.4, -0.2) is 45.8 Å². The number of nitrogens with zero attached hydrogens (tertiary/aromatic N) is 1. The molecular formula is C20H27N3O3. The lowest BCUT2D eigenvalue weighted by molar-refractivity contribution is 0.232. The number of benzene rings is 2. The quantitative estimate of drug-likeness (QED) is 0.763. The summed E-state index contributed by atoms with van der Waals surface area (Å²) in [4.78, 5) is 14.2. The van der Waals surface area contributed by atoms with E-state index < -0.39 is 0 Å². The van der Waals surface area contributed by atoms with Crippen molar-refractivity contribution in [2.24, 2.45) is 0 Å². The van der Waals surface area contributed by atoms with Crippen LogP contribution >= 0.6 is 0 Å². The van der Waals surface area contributed by atoms with Crippen molar-refractivity contribution < 1.29 is 14.3 Å². The number of amides is 2. The molecule has 0 saturated heterocycles. The molecule has 6 nitrogen and oxygen atoms in total. The summed E-state index contributed by atoms with van der Waals surface area (Å²) >= 11 is 0. The van der Waals surface area contributed by atoms with E-state index in [0.717, 1.165) is 11.1 Å². The molecule has 2 aromatic rings. The topological polar surface area (TPSA) is 62.8 Å². The molecule has 0 spiro atoms. The Kier molecular flexibility index (Phi) is 7.29. The van der Waals surface area contributed by atoms with Crippen molar-refractivity contribution in [2.75, 3.05) is 34.9 Å². The Morgan fingerprint density at radius 2 is 1.69 bits per heavy atom. The number of hydrogen-bond donors (Lipinski definition) is 2. The zero-order chi connectivity index (χ0) is 18.9. The predicted octanol–water partition coefficient (Wildman–Crippen LogP) is 2.81. The molecule has 0 heterocycles. The molecule has 2 aromatic carbocycles. The molecule has 2 amide bonds. The van der Waals surface area contributed by atoms with Crippen LogP contribution in [0.25, 0.3) is 0 Å². The van der Waals surface area contributed by atoms with E-state index in [-0.39, 0.29) is 12.1 Å². The fraction of sp³-hybridized carbons (Fsp3) is 0.350. The SMILES string of the molecule is COc1ccc(C(CNC(=O)NCc2ccccc2)N(C)C)cc1OC. The van der Waals surface area contributed by atoms with Gasteiger partial charge < -0.3 is 25.0 Å². The molecule has 0 saturated carbocycles. The van der Waals surface area contributed by atoms with Gasteiger partial charge in [0.25, 0.3) is 0 Å². The van der Waals surface area contributed by atoms with Gasteiger partial charge in [-0.2, -0.15) is 0 Å². The summed E-state index contributed by atoms with van der Waals surface area (Å²) in [6.45, 7) is 0.971. The number of carbonyl (C=O) groups is 1. The van der Waals surface area contributed by atoms with E-state index in [1.165, 1.54) is 0 Å². The van der Waals surface area contributed by atoms with E-state index in [1.54, 1.807) is 14.2 Å². The Bertz CT molecular complexity index is 705. The minimum Gasteiger partial charge on any atom is -0.493 e. The van der Waals surface area contributed by atoms with Crippen LogP contribution in [0, 0.1) is 0 Å². The number of likely N-dealkylation sites (N-methyl/N-ethyl adjacent to an activating group) is 1.